The smallest absolute Gasteiger partial charge is 0.135 e. The van der Waals surface area contributed by atoms with Crippen molar-refractivity contribution in [1.82, 2.24) is 9.13 Å². The van der Waals surface area contributed by atoms with Gasteiger partial charge in [-0.05, 0) is 96.8 Å². The van der Waals surface area contributed by atoms with E-state index in [1.54, 1.807) is 0 Å². The maximum atomic E-state index is 9.61. The highest BCUT2D eigenvalue weighted by atomic mass is 16.3. The number of hydrogen-bond acceptors (Lipinski definition) is 2. The fourth-order valence-corrected chi connectivity index (χ4v) is 8.05. The van der Waals surface area contributed by atoms with Crippen molar-refractivity contribution < 1.29 is 4.42 Å². The SMILES string of the molecule is CCCCC(CC)Cc1ccc2c(c1)c1ccccc1n2-c1ccc2oc3ccc(-n4c5ccccc5c5cc(C#N)ccc54)cc3c2c1. The Morgan fingerprint density at radius 3 is 1.76 bits per heavy atom. The molecule has 6 aromatic carbocycles. The third kappa shape index (κ3) is 4.72. The molecule has 0 fully saturated rings. The van der Waals surface area contributed by atoms with E-state index in [-0.39, 0.29) is 0 Å². The first-order valence-corrected chi connectivity index (χ1v) is 17.6. The summed E-state index contributed by atoms with van der Waals surface area (Å²) in [5.41, 5.74) is 10.6. The Bertz CT molecular complexity index is 2750. The molecule has 0 aliphatic carbocycles. The minimum Gasteiger partial charge on any atom is -0.456 e. The second kappa shape index (κ2) is 11.7. The number of rotatable bonds is 8. The van der Waals surface area contributed by atoms with Gasteiger partial charge < -0.3 is 13.6 Å². The van der Waals surface area contributed by atoms with Crippen LogP contribution in [-0.4, -0.2) is 9.13 Å². The zero-order valence-electron chi connectivity index (χ0n) is 27.9. The van der Waals surface area contributed by atoms with Crippen molar-refractivity contribution in [3.05, 3.63) is 132 Å². The normalized spacial score (nSPS) is 12.6. The van der Waals surface area contributed by atoms with E-state index in [0.717, 1.165) is 67.5 Å². The summed E-state index contributed by atoms with van der Waals surface area (Å²) in [5, 5.41) is 16.6. The van der Waals surface area contributed by atoms with Gasteiger partial charge in [-0.15, -0.1) is 0 Å². The molecule has 9 rings (SSSR count). The van der Waals surface area contributed by atoms with Gasteiger partial charge in [-0.1, -0.05) is 82.0 Å². The molecule has 238 valence electrons. The Hall–Kier alpha value is -5.79. The van der Waals surface area contributed by atoms with Gasteiger partial charge in [0.15, 0.2) is 0 Å². The third-order valence-corrected chi connectivity index (χ3v) is 10.6. The number of para-hydroxylation sites is 2. The molecule has 1 atom stereocenters. The minimum absolute atomic E-state index is 0.664. The largest absolute Gasteiger partial charge is 0.456 e. The summed E-state index contributed by atoms with van der Waals surface area (Å²) >= 11 is 0. The van der Waals surface area contributed by atoms with Gasteiger partial charge in [-0.2, -0.15) is 5.26 Å². The van der Waals surface area contributed by atoms with Crippen LogP contribution in [0.2, 0.25) is 0 Å². The highest BCUT2D eigenvalue weighted by molar-refractivity contribution is 6.12. The predicted octanol–water partition coefficient (Wildman–Crippen LogP) is 12.4. The van der Waals surface area contributed by atoms with Crippen LogP contribution in [0.3, 0.4) is 0 Å². The minimum atomic E-state index is 0.664. The molecule has 0 spiro atoms. The topological polar surface area (TPSA) is 46.8 Å². The van der Waals surface area contributed by atoms with Crippen LogP contribution in [0, 0.1) is 17.2 Å². The van der Waals surface area contributed by atoms with Gasteiger partial charge in [0.1, 0.15) is 11.2 Å². The number of unbranched alkanes of at least 4 members (excludes halogenated alkanes) is 1. The molecular formula is C45H37N3O. The van der Waals surface area contributed by atoms with E-state index >= 15 is 0 Å². The van der Waals surface area contributed by atoms with E-state index in [0.29, 0.717) is 5.56 Å². The van der Waals surface area contributed by atoms with Gasteiger partial charge in [0.2, 0.25) is 0 Å². The van der Waals surface area contributed by atoms with Gasteiger partial charge in [0, 0.05) is 43.7 Å². The summed E-state index contributed by atoms with van der Waals surface area (Å²) in [7, 11) is 0. The zero-order chi connectivity index (χ0) is 33.1. The molecule has 0 aliphatic heterocycles. The van der Waals surface area contributed by atoms with Crippen molar-refractivity contribution in [2.24, 2.45) is 5.92 Å². The molecule has 0 saturated heterocycles. The summed E-state index contributed by atoms with van der Waals surface area (Å²) in [6, 6.07) is 45.6. The Morgan fingerprint density at radius 2 is 1.16 bits per heavy atom. The number of fused-ring (bicyclic) bond motifs is 9. The van der Waals surface area contributed by atoms with Crippen LogP contribution in [-0.2, 0) is 6.42 Å². The van der Waals surface area contributed by atoms with Crippen LogP contribution in [0.1, 0.15) is 50.7 Å². The van der Waals surface area contributed by atoms with Gasteiger partial charge in [-0.3, -0.25) is 0 Å². The summed E-state index contributed by atoms with van der Waals surface area (Å²) in [4.78, 5) is 0. The number of hydrogen-bond donors (Lipinski definition) is 0. The molecule has 49 heavy (non-hydrogen) atoms. The lowest BCUT2D eigenvalue weighted by Gasteiger charge is -2.15. The first-order valence-electron chi connectivity index (χ1n) is 17.6. The summed E-state index contributed by atoms with van der Waals surface area (Å²) < 4.78 is 11.1. The molecule has 0 amide bonds. The van der Waals surface area contributed by atoms with Crippen LogP contribution in [0.5, 0.6) is 0 Å². The van der Waals surface area contributed by atoms with E-state index in [1.807, 2.05) is 12.1 Å². The van der Waals surface area contributed by atoms with E-state index in [1.165, 1.54) is 53.1 Å². The number of benzene rings is 6. The molecule has 0 radical (unpaired) electrons. The fraction of sp³-hybridized carbons (Fsp3) is 0.178. The monoisotopic (exact) mass is 635 g/mol. The number of nitrogens with zero attached hydrogens (tertiary/aromatic N) is 3. The van der Waals surface area contributed by atoms with Crippen molar-refractivity contribution in [3.63, 3.8) is 0 Å². The van der Waals surface area contributed by atoms with Gasteiger partial charge in [0.25, 0.3) is 0 Å². The van der Waals surface area contributed by atoms with Crippen LogP contribution < -0.4 is 0 Å². The molecular weight excluding hydrogens is 599 g/mol. The van der Waals surface area contributed by atoms with Crippen LogP contribution in [0.25, 0.3) is 76.9 Å². The molecule has 1 unspecified atom stereocenters. The average Bonchev–Trinajstić information content (AvgIpc) is 3.79. The molecule has 0 aliphatic rings. The second-order valence-electron chi connectivity index (χ2n) is 13.5. The maximum Gasteiger partial charge on any atom is 0.135 e. The van der Waals surface area contributed by atoms with Gasteiger partial charge in [-0.25, -0.2) is 0 Å². The fourth-order valence-electron chi connectivity index (χ4n) is 8.05. The van der Waals surface area contributed by atoms with Crippen LogP contribution in [0.4, 0.5) is 0 Å². The number of nitriles is 1. The van der Waals surface area contributed by atoms with Crippen molar-refractivity contribution in [3.8, 4) is 17.4 Å². The summed E-state index contributed by atoms with van der Waals surface area (Å²) in [6.07, 6.45) is 6.21. The Morgan fingerprint density at radius 1 is 0.592 bits per heavy atom. The molecule has 4 nitrogen and oxygen atoms in total. The second-order valence-corrected chi connectivity index (χ2v) is 13.5. The third-order valence-electron chi connectivity index (χ3n) is 10.6. The standard InChI is InChI=1S/C45H37N3O/c1-3-5-10-29(4-2)23-30-15-19-42-36(24-30)34-11-6-8-13-40(34)47(42)32-17-21-44-38(26-32)39-27-33(18-22-45(39)49-44)48-41-14-9-7-12-35(41)37-25-31(28-46)16-20-43(37)48/h6-9,11-22,24-27,29H,3-5,10,23H2,1-2H3. The molecule has 3 aromatic heterocycles. The van der Waals surface area contributed by atoms with Crippen molar-refractivity contribution >= 4 is 65.6 Å². The van der Waals surface area contributed by atoms with E-state index in [4.69, 9.17) is 4.42 Å². The van der Waals surface area contributed by atoms with E-state index < -0.39 is 0 Å². The Balaban J connectivity index is 1.20. The van der Waals surface area contributed by atoms with Crippen LogP contribution in [0.15, 0.2) is 126 Å². The first-order chi connectivity index (χ1) is 24.1. The maximum absolute atomic E-state index is 9.61. The number of furan rings is 1. The highest BCUT2D eigenvalue weighted by Gasteiger charge is 2.18. The summed E-state index contributed by atoms with van der Waals surface area (Å²) in [5.74, 6) is 0.727. The van der Waals surface area contributed by atoms with Crippen molar-refractivity contribution in [1.29, 1.82) is 5.26 Å². The Kier molecular flexibility index (Phi) is 7.02. The molecule has 0 bridgehead atoms. The molecule has 0 saturated carbocycles. The van der Waals surface area contributed by atoms with E-state index in [9.17, 15) is 5.26 Å². The zero-order valence-corrected chi connectivity index (χ0v) is 27.9. The summed E-state index contributed by atoms with van der Waals surface area (Å²) in [6.45, 7) is 4.62. The van der Waals surface area contributed by atoms with Crippen molar-refractivity contribution in [2.45, 2.75) is 46.0 Å². The Labute approximate surface area is 285 Å². The molecule has 4 heteroatoms. The van der Waals surface area contributed by atoms with Crippen molar-refractivity contribution in [2.75, 3.05) is 0 Å². The number of aromatic nitrogens is 2. The lowest BCUT2D eigenvalue weighted by Crippen LogP contribution is -2.03. The predicted molar refractivity (Wildman–Crippen MR) is 204 cm³/mol. The van der Waals surface area contributed by atoms with E-state index in [2.05, 4.69) is 138 Å². The lowest BCUT2D eigenvalue weighted by atomic mass is 9.91. The van der Waals surface area contributed by atoms with Crippen LogP contribution >= 0.6 is 0 Å². The first kappa shape index (κ1) is 29.4. The molecule has 0 N–H and O–H groups in total. The van der Waals surface area contributed by atoms with Gasteiger partial charge >= 0.3 is 0 Å². The molecule has 9 aromatic rings. The highest BCUT2D eigenvalue weighted by Crippen LogP contribution is 2.38. The average molecular weight is 636 g/mol. The lowest BCUT2D eigenvalue weighted by molar-refractivity contribution is 0.449. The van der Waals surface area contributed by atoms with Gasteiger partial charge in [0.05, 0.1) is 33.7 Å². The molecule has 3 heterocycles. The quantitative estimate of drug-likeness (QED) is 0.167.